The number of hydrogen-bond acceptors (Lipinski definition) is 3. The van der Waals surface area contributed by atoms with Gasteiger partial charge in [-0.3, -0.25) is 14.7 Å². The molecule has 1 aliphatic heterocycles. The quantitative estimate of drug-likeness (QED) is 0.538. The van der Waals surface area contributed by atoms with Crippen LogP contribution >= 0.6 is 0 Å². The van der Waals surface area contributed by atoms with Gasteiger partial charge in [-0.15, -0.1) is 0 Å². The fourth-order valence-electron chi connectivity index (χ4n) is 4.70. The Labute approximate surface area is 184 Å². The van der Waals surface area contributed by atoms with Gasteiger partial charge in [0.1, 0.15) is 22.9 Å². The van der Waals surface area contributed by atoms with Gasteiger partial charge in [0.15, 0.2) is 0 Å². The Morgan fingerprint density at radius 2 is 1.84 bits per heavy atom. The Kier molecular flexibility index (Phi) is 6.40. The molecule has 1 heterocycles. The SMILES string of the molecule is CCCCC1=NC2(CCCCC2)C(=O)N1Cc1ccc(-c2cc(OC)ccc2F)cc1. The Bertz CT molecular complexity index is 962. The number of carbonyl (C=O) groups excluding carboxylic acids is 1. The van der Waals surface area contributed by atoms with E-state index < -0.39 is 5.54 Å². The van der Waals surface area contributed by atoms with Crippen molar-refractivity contribution >= 4 is 11.7 Å². The molecule has 5 heteroatoms. The minimum atomic E-state index is -0.523. The van der Waals surface area contributed by atoms with Crippen LogP contribution in [0.3, 0.4) is 0 Å². The van der Waals surface area contributed by atoms with E-state index in [9.17, 15) is 9.18 Å². The first kappa shape index (κ1) is 21.5. The number of aliphatic imine (C=N–C) groups is 1. The lowest BCUT2D eigenvalue weighted by molar-refractivity contribution is -0.132. The second kappa shape index (κ2) is 9.21. The molecule has 0 aromatic heterocycles. The molecule has 4 rings (SSSR count). The molecule has 1 fully saturated rings. The van der Waals surface area contributed by atoms with Gasteiger partial charge in [-0.25, -0.2) is 4.39 Å². The number of rotatable bonds is 7. The summed E-state index contributed by atoms with van der Waals surface area (Å²) in [7, 11) is 1.57. The molecule has 1 saturated carbocycles. The monoisotopic (exact) mass is 422 g/mol. The number of benzene rings is 2. The first-order chi connectivity index (χ1) is 15.1. The van der Waals surface area contributed by atoms with E-state index in [1.807, 2.05) is 29.2 Å². The zero-order valence-electron chi connectivity index (χ0n) is 18.5. The number of amidine groups is 1. The lowest BCUT2D eigenvalue weighted by Gasteiger charge is -2.29. The Morgan fingerprint density at radius 3 is 2.52 bits per heavy atom. The molecule has 2 aromatic carbocycles. The maximum absolute atomic E-state index is 14.3. The van der Waals surface area contributed by atoms with E-state index in [4.69, 9.17) is 9.73 Å². The van der Waals surface area contributed by atoms with Crippen molar-refractivity contribution in [3.05, 3.63) is 53.8 Å². The molecule has 31 heavy (non-hydrogen) atoms. The summed E-state index contributed by atoms with van der Waals surface area (Å²) in [4.78, 5) is 20.3. The van der Waals surface area contributed by atoms with Gasteiger partial charge in [-0.1, -0.05) is 56.9 Å². The molecule has 4 nitrogen and oxygen atoms in total. The van der Waals surface area contributed by atoms with Gasteiger partial charge in [0, 0.05) is 12.0 Å². The van der Waals surface area contributed by atoms with E-state index in [0.717, 1.165) is 61.9 Å². The smallest absolute Gasteiger partial charge is 0.256 e. The molecule has 0 N–H and O–H groups in total. The minimum Gasteiger partial charge on any atom is -0.497 e. The summed E-state index contributed by atoms with van der Waals surface area (Å²) >= 11 is 0. The number of unbranched alkanes of at least 4 members (excludes halogenated alkanes) is 1. The van der Waals surface area contributed by atoms with Gasteiger partial charge in [-0.05, 0) is 48.6 Å². The van der Waals surface area contributed by atoms with Crippen LogP contribution in [-0.2, 0) is 11.3 Å². The molecular weight excluding hydrogens is 391 g/mol. The second-order valence-electron chi connectivity index (χ2n) is 8.66. The molecule has 0 unspecified atom stereocenters. The van der Waals surface area contributed by atoms with Gasteiger partial charge in [-0.2, -0.15) is 0 Å². The van der Waals surface area contributed by atoms with Gasteiger partial charge in [0.2, 0.25) is 0 Å². The number of halogens is 1. The highest BCUT2D eigenvalue weighted by Crippen LogP contribution is 2.39. The van der Waals surface area contributed by atoms with E-state index >= 15 is 0 Å². The molecule has 0 radical (unpaired) electrons. The lowest BCUT2D eigenvalue weighted by Crippen LogP contribution is -2.43. The van der Waals surface area contributed by atoms with E-state index in [1.165, 1.54) is 12.5 Å². The van der Waals surface area contributed by atoms with Crippen molar-refractivity contribution in [2.75, 3.05) is 7.11 Å². The first-order valence-electron chi connectivity index (χ1n) is 11.4. The summed E-state index contributed by atoms with van der Waals surface area (Å²) < 4.78 is 19.5. The number of ether oxygens (including phenoxy) is 1. The normalized spacial score (nSPS) is 17.8. The van der Waals surface area contributed by atoms with Crippen LogP contribution in [-0.4, -0.2) is 29.3 Å². The maximum atomic E-state index is 14.3. The third-order valence-electron chi connectivity index (χ3n) is 6.51. The van der Waals surface area contributed by atoms with Gasteiger partial charge in [0.05, 0.1) is 13.7 Å². The fraction of sp³-hybridized carbons (Fsp3) is 0.462. The summed E-state index contributed by atoms with van der Waals surface area (Å²) in [5.41, 5.74) is 1.80. The highest BCUT2D eigenvalue weighted by atomic mass is 19.1. The van der Waals surface area contributed by atoms with Crippen LogP contribution in [0.25, 0.3) is 11.1 Å². The predicted molar refractivity (Wildman–Crippen MR) is 122 cm³/mol. The molecule has 0 saturated heterocycles. The number of carbonyl (C=O) groups is 1. The third kappa shape index (κ3) is 4.36. The maximum Gasteiger partial charge on any atom is 0.256 e. The van der Waals surface area contributed by atoms with Crippen molar-refractivity contribution in [3.8, 4) is 16.9 Å². The van der Waals surface area contributed by atoms with Crippen LogP contribution in [0.2, 0.25) is 0 Å². The van der Waals surface area contributed by atoms with Gasteiger partial charge < -0.3 is 4.74 Å². The summed E-state index contributed by atoms with van der Waals surface area (Å²) in [5.74, 6) is 1.45. The Balaban J connectivity index is 1.55. The summed E-state index contributed by atoms with van der Waals surface area (Å²) in [6.07, 6.45) is 8.03. The molecule has 0 bridgehead atoms. The van der Waals surface area contributed by atoms with Crippen LogP contribution in [0.15, 0.2) is 47.5 Å². The van der Waals surface area contributed by atoms with Crippen molar-refractivity contribution in [2.24, 2.45) is 4.99 Å². The van der Waals surface area contributed by atoms with E-state index in [0.29, 0.717) is 17.9 Å². The van der Waals surface area contributed by atoms with E-state index in [-0.39, 0.29) is 11.7 Å². The number of methoxy groups -OCH3 is 1. The van der Waals surface area contributed by atoms with Crippen LogP contribution in [0, 0.1) is 5.82 Å². The van der Waals surface area contributed by atoms with Crippen LogP contribution in [0.1, 0.15) is 63.9 Å². The largest absolute Gasteiger partial charge is 0.497 e. The number of nitrogens with zero attached hydrogens (tertiary/aromatic N) is 2. The fourth-order valence-corrected chi connectivity index (χ4v) is 4.70. The first-order valence-corrected chi connectivity index (χ1v) is 11.4. The highest BCUT2D eigenvalue weighted by Gasteiger charge is 2.47. The standard InChI is InChI=1S/C26H31FN2O2/c1-3-4-8-24-28-26(15-6-5-7-16-26)25(30)29(24)18-19-9-11-20(12-10-19)22-17-21(31-2)13-14-23(22)27/h9-14,17H,3-8,15-16,18H2,1-2H3. The highest BCUT2D eigenvalue weighted by molar-refractivity contribution is 6.08. The zero-order valence-corrected chi connectivity index (χ0v) is 18.5. The molecule has 0 atom stereocenters. The molecule has 1 aliphatic carbocycles. The molecule has 2 aromatic rings. The van der Waals surface area contributed by atoms with Gasteiger partial charge in [0.25, 0.3) is 5.91 Å². The van der Waals surface area contributed by atoms with Crippen LogP contribution in [0.5, 0.6) is 5.75 Å². The van der Waals surface area contributed by atoms with Crippen LogP contribution < -0.4 is 4.74 Å². The van der Waals surface area contributed by atoms with E-state index in [1.54, 1.807) is 19.2 Å². The molecule has 2 aliphatic rings. The third-order valence-corrected chi connectivity index (χ3v) is 6.51. The summed E-state index contributed by atoms with van der Waals surface area (Å²) in [5, 5.41) is 0. The van der Waals surface area contributed by atoms with Gasteiger partial charge >= 0.3 is 0 Å². The Hall–Kier alpha value is -2.69. The van der Waals surface area contributed by atoms with Crippen molar-refractivity contribution in [1.29, 1.82) is 0 Å². The lowest BCUT2D eigenvalue weighted by atomic mass is 9.82. The topological polar surface area (TPSA) is 41.9 Å². The van der Waals surface area contributed by atoms with Crippen molar-refractivity contribution in [2.45, 2.75) is 70.4 Å². The number of hydrogen-bond donors (Lipinski definition) is 0. The predicted octanol–water partition coefficient (Wildman–Crippen LogP) is 6.14. The van der Waals surface area contributed by atoms with Crippen molar-refractivity contribution in [3.63, 3.8) is 0 Å². The summed E-state index contributed by atoms with van der Waals surface area (Å²) in [6, 6.07) is 12.5. The van der Waals surface area contributed by atoms with E-state index in [2.05, 4.69) is 6.92 Å². The Morgan fingerprint density at radius 1 is 1.10 bits per heavy atom. The van der Waals surface area contributed by atoms with Crippen molar-refractivity contribution in [1.82, 2.24) is 4.90 Å². The molecular formula is C26H31FN2O2. The minimum absolute atomic E-state index is 0.168. The average molecular weight is 423 g/mol. The summed E-state index contributed by atoms with van der Waals surface area (Å²) in [6.45, 7) is 2.68. The van der Waals surface area contributed by atoms with Crippen molar-refractivity contribution < 1.29 is 13.9 Å². The molecule has 164 valence electrons. The number of amides is 1. The zero-order chi connectivity index (χ0) is 21.8. The molecule has 1 amide bonds. The molecule has 1 spiro atoms. The average Bonchev–Trinajstić information content (AvgIpc) is 3.04. The second-order valence-corrected chi connectivity index (χ2v) is 8.66. The van der Waals surface area contributed by atoms with Crippen LogP contribution in [0.4, 0.5) is 4.39 Å².